The third kappa shape index (κ3) is 4.08. The van der Waals surface area contributed by atoms with Crippen LogP contribution < -0.4 is 4.74 Å². The highest BCUT2D eigenvalue weighted by Crippen LogP contribution is 2.20. The minimum Gasteiger partial charge on any atom is -0.480 e. The van der Waals surface area contributed by atoms with Crippen LogP contribution in [-0.2, 0) is 4.79 Å². The van der Waals surface area contributed by atoms with Gasteiger partial charge in [0.15, 0.2) is 0 Å². The van der Waals surface area contributed by atoms with Crippen LogP contribution in [0.5, 0.6) is 5.75 Å². The van der Waals surface area contributed by atoms with E-state index >= 15 is 0 Å². The third-order valence-electron chi connectivity index (χ3n) is 2.41. The number of carboxylic acids is 1. The van der Waals surface area contributed by atoms with E-state index in [0.29, 0.717) is 11.7 Å². The lowest BCUT2D eigenvalue weighted by Gasteiger charge is -2.15. The quantitative estimate of drug-likeness (QED) is 0.891. The van der Waals surface area contributed by atoms with Crippen molar-refractivity contribution in [1.82, 2.24) is 4.90 Å². The molecule has 0 heterocycles. The highest BCUT2D eigenvalue weighted by Gasteiger charge is 2.14. The standard InChI is InChI=1S/C13H17NO4/c1-9(2)10-5-4-6-11(7-10)18-13(17)14(3)8-12(15)16/h4-7,9H,8H2,1-3H3,(H,15,16). The maximum Gasteiger partial charge on any atom is 0.415 e. The number of benzene rings is 1. The summed E-state index contributed by atoms with van der Waals surface area (Å²) in [5.74, 6) is -0.325. The Morgan fingerprint density at radius 1 is 1.39 bits per heavy atom. The van der Waals surface area contributed by atoms with Gasteiger partial charge in [-0.25, -0.2) is 4.79 Å². The van der Waals surface area contributed by atoms with Crippen LogP contribution in [0.15, 0.2) is 24.3 Å². The second-order valence-corrected chi connectivity index (χ2v) is 4.34. The van der Waals surface area contributed by atoms with E-state index in [2.05, 4.69) is 0 Å². The summed E-state index contributed by atoms with van der Waals surface area (Å²) in [5, 5.41) is 8.57. The Labute approximate surface area is 106 Å². The van der Waals surface area contributed by atoms with Crippen molar-refractivity contribution in [3.8, 4) is 5.75 Å². The van der Waals surface area contributed by atoms with Gasteiger partial charge in [0.05, 0.1) is 0 Å². The number of amides is 1. The van der Waals surface area contributed by atoms with Crippen molar-refractivity contribution in [1.29, 1.82) is 0 Å². The van der Waals surface area contributed by atoms with E-state index in [1.54, 1.807) is 18.2 Å². The van der Waals surface area contributed by atoms with Gasteiger partial charge in [-0.2, -0.15) is 0 Å². The van der Waals surface area contributed by atoms with Gasteiger partial charge < -0.3 is 9.84 Å². The number of rotatable bonds is 4. The molecular formula is C13H17NO4. The van der Waals surface area contributed by atoms with Crippen molar-refractivity contribution < 1.29 is 19.4 Å². The highest BCUT2D eigenvalue weighted by atomic mass is 16.6. The number of aliphatic carboxylic acids is 1. The lowest BCUT2D eigenvalue weighted by molar-refractivity contribution is -0.137. The lowest BCUT2D eigenvalue weighted by atomic mass is 10.0. The zero-order chi connectivity index (χ0) is 13.7. The molecular weight excluding hydrogens is 234 g/mol. The molecule has 1 N–H and O–H groups in total. The molecule has 5 nitrogen and oxygen atoms in total. The van der Waals surface area contributed by atoms with Gasteiger partial charge in [-0.3, -0.25) is 9.69 Å². The van der Waals surface area contributed by atoms with Crippen LogP contribution in [0.3, 0.4) is 0 Å². The maximum atomic E-state index is 11.6. The smallest absolute Gasteiger partial charge is 0.415 e. The van der Waals surface area contributed by atoms with Crippen LogP contribution in [0.1, 0.15) is 25.3 Å². The molecule has 1 aromatic carbocycles. The number of carbonyl (C=O) groups is 2. The zero-order valence-corrected chi connectivity index (χ0v) is 10.7. The van der Waals surface area contributed by atoms with Gasteiger partial charge in [0.25, 0.3) is 0 Å². The summed E-state index contributed by atoms with van der Waals surface area (Å²) in [6, 6.07) is 7.19. The predicted octanol–water partition coefficient (Wildman–Crippen LogP) is 2.33. The predicted molar refractivity (Wildman–Crippen MR) is 66.8 cm³/mol. The summed E-state index contributed by atoms with van der Waals surface area (Å²) in [5.41, 5.74) is 1.06. The molecule has 0 aliphatic carbocycles. The number of hydrogen-bond donors (Lipinski definition) is 1. The van der Waals surface area contributed by atoms with Crippen molar-refractivity contribution in [2.24, 2.45) is 0 Å². The number of nitrogens with zero attached hydrogens (tertiary/aromatic N) is 1. The summed E-state index contributed by atoms with van der Waals surface area (Å²) in [6.07, 6.45) is -0.682. The first-order valence-electron chi connectivity index (χ1n) is 5.65. The summed E-state index contributed by atoms with van der Waals surface area (Å²) < 4.78 is 5.09. The molecule has 18 heavy (non-hydrogen) atoms. The molecule has 1 aromatic rings. The monoisotopic (exact) mass is 251 g/mol. The average molecular weight is 251 g/mol. The second-order valence-electron chi connectivity index (χ2n) is 4.34. The fourth-order valence-electron chi connectivity index (χ4n) is 1.38. The Morgan fingerprint density at radius 2 is 2.06 bits per heavy atom. The van der Waals surface area contributed by atoms with Crippen molar-refractivity contribution in [2.75, 3.05) is 13.6 Å². The summed E-state index contributed by atoms with van der Waals surface area (Å²) in [6.45, 7) is 3.69. The number of carboxylic acid groups (broad SMARTS) is 1. The Morgan fingerprint density at radius 3 is 2.61 bits per heavy atom. The van der Waals surface area contributed by atoms with Gasteiger partial charge in [-0.15, -0.1) is 0 Å². The van der Waals surface area contributed by atoms with Gasteiger partial charge in [0.2, 0.25) is 0 Å². The van der Waals surface area contributed by atoms with Gasteiger partial charge in [0, 0.05) is 7.05 Å². The Bertz CT molecular complexity index is 442. The first-order chi connectivity index (χ1) is 8.40. The number of hydrogen-bond acceptors (Lipinski definition) is 3. The Balaban J connectivity index is 2.69. The van der Waals surface area contributed by atoms with Crippen LogP contribution in [0.4, 0.5) is 4.79 Å². The van der Waals surface area contributed by atoms with E-state index in [1.807, 2.05) is 19.9 Å². The molecule has 0 bridgehead atoms. The minimum atomic E-state index is -1.08. The molecule has 5 heteroatoms. The van der Waals surface area contributed by atoms with Gasteiger partial charge in [-0.1, -0.05) is 26.0 Å². The van der Waals surface area contributed by atoms with E-state index in [4.69, 9.17) is 9.84 Å². The minimum absolute atomic E-state index is 0.334. The van der Waals surface area contributed by atoms with Gasteiger partial charge in [-0.05, 0) is 23.6 Å². The van der Waals surface area contributed by atoms with Crippen LogP contribution in [0.25, 0.3) is 0 Å². The Hall–Kier alpha value is -2.04. The van der Waals surface area contributed by atoms with Crippen molar-refractivity contribution in [2.45, 2.75) is 19.8 Å². The summed E-state index contributed by atoms with van der Waals surface area (Å²) >= 11 is 0. The largest absolute Gasteiger partial charge is 0.480 e. The third-order valence-corrected chi connectivity index (χ3v) is 2.41. The number of ether oxygens (including phenoxy) is 1. The fourth-order valence-corrected chi connectivity index (χ4v) is 1.38. The fraction of sp³-hybridized carbons (Fsp3) is 0.385. The molecule has 0 unspecified atom stereocenters. The Kier molecular flexibility index (Phi) is 4.71. The van der Waals surface area contributed by atoms with E-state index < -0.39 is 12.1 Å². The molecule has 0 spiro atoms. The summed E-state index contributed by atoms with van der Waals surface area (Å²) in [7, 11) is 1.38. The molecule has 0 atom stereocenters. The topological polar surface area (TPSA) is 66.8 Å². The van der Waals surface area contributed by atoms with E-state index in [9.17, 15) is 9.59 Å². The second kappa shape index (κ2) is 6.05. The van der Waals surface area contributed by atoms with Crippen LogP contribution in [0, 0.1) is 0 Å². The molecule has 0 aliphatic heterocycles. The zero-order valence-electron chi connectivity index (χ0n) is 10.7. The van der Waals surface area contributed by atoms with E-state index in [-0.39, 0.29) is 6.54 Å². The van der Waals surface area contributed by atoms with Crippen molar-refractivity contribution >= 4 is 12.1 Å². The van der Waals surface area contributed by atoms with E-state index in [0.717, 1.165) is 10.5 Å². The number of likely N-dealkylation sites (N-methyl/N-ethyl adjacent to an activating group) is 1. The van der Waals surface area contributed by atoms with Gasteiger partial charge in [0.1, 0.15) is 12.3 Å². The first kappa shape index (κ1) is 14.0. The maximum absolute atomic E-state index is 11.6. The highest BCUT2D eigenvalue weighted by molar-refractivity contribution is 5.77. The normalized spacial score (nSPS) is 10.2. The van der Waals surface area contributed by atoms with Crippen molar-refractivity contribution in [3.63, 3.8) is 0 Å². The molecule has 0 saturated carbocycles. The molecule has 0 aliphatic rings. The first-order valence-corrected chi connectivity index (χ1v) is 5.65. The van der Waals surface area contributed by atoms with Crippen LogP contribution >= 0.6 is 0 Å². The van der Waals surface area contributed by atoms with Crippen molar-refractivity contribution in [3.05, 3.63) is 29.8 Å². The molecule has 0 saturated heterocycles. The molecule has 1 amide bonds. The molecule has 1 rings (SSSR count). The van der Waals surface area contributed by atoms with Gasteiger partial charge >= 0.3 is 12.1 Å². The number of carbonyl (C=O) groups excluding carboxylic acids is 1. The average Bonchev–Trinajstić information content (AvgIpc) is 2.28. The van der Waals surface area contributed by atoms with Crippen LogP contribution in [0.2, 0.25) is 0 Å². The van der Waals surface area contributed by atoms with E-state index in [1.165, 1.54) is 7.05 Å². The molecule has 0 aromatic heterocycles. The SMILES string of the molecule is CC(C)c1cccc(OC(=O)N(C)CC(=O)O)c1. The summed E-state index contributed by atoms with van der Waals surface area (Å²) in [4.78, 5) is 23.0. The van der Waals surface area contributed by atoms with Crippen LogP contribution in [-0.4, -0.2) is 35.7 Å². The lowest BCUT2D eigenvalue weighted by Crippen LogP contribution is -2.34. The molecule has 98 valence electrons. The molecule has 0 fully saturated rings. The molecule has 0 radical (unpaired) electrons.